The number of para-hydroxylation sites is 1. The molecule has 7 nitrogen and oxygen atoms in total. The number of hydrogen-bond acceptors (Lipinski definition) is 6. The van der Waals surface area contributed by atoms with Crippen molar-refractivity contribution in [2.75, 3.05) is 6.61 Å². The second-order valence-corrected chi connectivity index (χ2v) is 12.1. The average molecular weight is 606 g/mol. The molecule has 2 aromatic heterocycles. The molecular weight excluding hydrogens is 570 g/mol. The number of thiazole rings is 1. The Bertz CT molecular complexity index is 2070. The van der Waals surface area contributed by atoms with E-state index in [2.05, 4.69) is 35.8 Å². The number of rotatable bonds is 8. The SMILES string of the molecule is CCOc1ccc([C@@H]2C(C(=O)OC(C)C)=C(C)N=c3s/c(=C/c4c(C)n(Cc5ccccc5)c5ccccc45)c(=O)n32)cc1. The molecule has 0 saturated heterocycles. The summed E-state index contributed by atoms with van der Waals surface area (Å²) in [6.45, 7) is 10.7. The predicted molar refractivity (Wildman–Crippen MR) is 175 cm³/mol. The molecule has 1 atom stereocenters. The summed E-state index contributed by atoms with van der Waals surface area (Å²) in [6.07, 6.45) is 1.66. The fourth-order valence-electron chi connectivity index (χ4n) is 5.83. The van der Waals surface area contributed by atoms with E-state index in [0.29, 0.717) is 27.2 Å². The Balaban J connectivity index is 1.53. The van der Waals surface area contributed by atoms with Crippen LogP contribution in [0.15, 0.2) is 99.9 Å². The van der Waals surface area contributed by atoms with Crippen molar-refractivity contribution >= 4 is 34.3 Å². The van der Waals surface area contributed by atoms with Gasteiger partial charge in [0.15, 0.2) is 4.80 Å². The lowest BCUT2D eigenvalue weighted by molar-refractivity contribution is -0.143. The molecule has 224 valence electrons. The number of nitrogens with zero attached hydrogens (tertiary/aromatic N) is 3. The highest BCUT2D eigenvalue weighted by atomic mass is 32.1. The number of hydrogen-bond donors (Lipinski definition) is 0. The molecule has 0 saturated carbocycles. The Morgan fingerprint density at radius 2 is 1.70 bits per heavy atom. The molecule has 0 spiro atoms. The van der Waals surface area contributed by atoms with Gasteiger partial charge in [0.05, 0.1) is 34.6 Å². The molecule has 3 aromatic carbocycles. The number of benzene rings is 3. The zero-order chi connectivity index (χ0) is 31.0. The lowest BCUT2D eigenvalue weighted by Gasteiger charge is -2.25. The predicted octanol–water partition coefficient (Wildman–Crippen LogP) is 5.90. The van der Waals surface area contributed by atoms with Crippen LogP contribution < -0.4 is 19.6 Å². The van der Waals surface area contributed by atoms with E-state index in [1.165, 1.54) is 16.9 Å². The Morgan fingerprint density at radius 1 is 1.00 bits per heavy atom. The van der Waals surface area contributed by atoms with Gasteiger partial charge in [0, 0.05) is 28.7 Å². The summed E-state index contributed by atoms with van der Waals surface area (Å²) in [4.78, 5) is 33.0. The molecule has 6 rings (SSSR count). The maximum atomic E-state index is 14.3. The van der Waals surface area contributed by atoms with Crippen molar-refractivity contribution in [3.8, 4) is 5.75 Å². The molecule has 8 heteroatoms. The molecule has 0 N–H and O–H groups in total. The highest BCUT2D eigenvalue weighted by molar-refractivity contribution is 7.07. The highest BCUT2D eigenvalue weighted by Crippen LogP contribution is 2.32. The average Bonchev–Trinajstić information content (AvgIpc) is 3.45. The standard InChI is InChI=1S/C36H35N3O4S/c1-6-42-27-18-16-26(17-19-27)33-32(35(41)43-22(2)3)23(4)37-36-39(33)34(40)31(44-36)20-29-24(5)38(21-25-12-8-7-9-13-25)30-15-11-10-14-28(29)30/h7-20,22,33H,6,21H2,1-5H3/b31-20+/t33-/m1/s1. The molecule has 0 fully saturated rings. The Labute approximate surface area is 260 Å². The van der Waals surface area contributed by atoms with Crippen LogP contribution in [-0.4, -0.2) is 27.8 Å². The van der Waals surface area contributed by atoms with Crippen LogP contribution in [0, 0.1) is 6.92 Å². The quantitative estimate of drug-likeness (QED) is 0.207. The Morgan fingerprint density at radius 3 is 2.41 bits per heavy atom. The van der Waals surface area contributed by atoms with E-state index in [0.717, 1.165) is 40.0 Å². The fraction of sp³-hybridized carbons (Fsp3) is 0.250. The van der Waals surface area contributed by atoms with Crippen molar-refractivity contribution in [3.63, 3.8) is 0 Å². The van der Waals surface area contributed by atoms with Gasteiger partial charge in [-0.1, -0.05) is 72.0 Å². The first-order valence-electron chi connectivity index (χ1n) is 14.8. The van der Waals surface area contributed by atoms with Crippen LogP contribution in [0.25, 0.3) is 17.0 Å². The zero-order valence-corrected chi connectivity index (χ0v) is 26.4. The molecule has 0 amide bonds. The highest BCUT2D eigenvalue weighted by Gasteiger charge is 2.34. The number of carbonyl (C=O) groups is 1. The van der Waals surface area contributed by atoms with Crippen LogP contribution in [0.2, 0.25) is 0 Å². The molecule has 3 heterocycles. The van der Waals surface area contributed by atoms with Crippen molar-refractivity contribution in [2.45, 2.75) is 53.3 Å². The number of fused-ring (bicyclic) bond motifs is 2. The van der Waals surface area contributed by atoms with Crippen LogP contribution >= 0.6 is 11.3 Å². The van der Waals surface area contributed by atoms with Crippen LogP contribution in [0.4, 0.5) is 0 Å². The van der Waals surface area contributed by atoms with Crippen molar-refractivity contribution in [1.82, 2.24) is 9.13 Å². The lowest BCUT2D eigenvalue weighted by atomic mass is 9.96. The van der Waals surface area contributed by atoms with Crippen LogP contribution in [0.5, 0.6) is 5.75 Å². The van der Waals surface area contributed by atoms with Crippen molar-refractivity contribution in [1.29, 1.82) is 0 Å². The summed E-state index contributed by atoms with van der Waals surface area (Å²) in [7, 11) is 0. The van der Waals surface area contributed by atoms with Crippen LogP contribution in [-0.2, 0) is 16.1 Å². The van der Waals surface area contributed by atoms with E-state index < -0.39 is 12.0 Å². The molecule has 44 heavy (non-hydrogen) atoms. The minimum Gasteiger partial charge on any atom is -0.494 e. The maximum absolute atomic E-state index is 14.3. The van der Waals surface area contributed by atoms with Gasteiger partial charge in [0.25, 0.3) is 5.56 Å². The van der Waals surface area contributed by atoms with Gasteiger partial charge < -0.3 is 14.0 Å². The van der Waals surface area contributed by atoms with Crippen molar-refractivity contribution in [3.05, 3.63) is 132 Å². The number of allylic oxidation sites excluding steroid dienone is 1. The minimum absolute atomic E-state index is 0.200. The topological polar surface area (TPSA) is 74.8 Å². The summed E-state index contributed by atoms with van der Waals surface area (Å²) in [5.74, 6) is 0.243. The summed E-state index contributed by atoms with van der Waals surface area (Å²) in [5.41, 5.74) is 5.85. The van der Waals surface area contributed by atoms with Gasteiger partial charge in [0.1, 0.15) is 5.75 Å². The molecule has 0 bridgehead atoms. The lowest BCUT2D eigenvalue weighted by Crippen LogP contribution is -2.40. The summed E-state index contributed by atoms with van der Waals surface area (Å²) >= 11 is 1.34. The van der Waals surface area contributed by atoms with Crippen molar-refractivity contribution < 1.29 is 14.3 Å². The van der Waals surface area contributed by atoms with Gasteiger partial charge in [-0.2, -0.15) is 0 Å². The van der Waals surface area contributed by atoms with Gasteiger partial charge in [-0.15, -0.1) is 0 Å². The third-order valence-electron chi connectivity index (χ3n) is 7.83. The van der Waals surface area contributed by atoms with Gasteiger partial charge in [-0.25, -0.2) is 9.79 Å². The van der Waals surface area contributed by atoms with E-state index in [1.807, 2.05) is 81.4 Å². The number of esters is 1. The fourth-order valence-corrected chi connectivity index (χ4v) is 6.86. The summed E-state index contributed by atoms with van der Waals surface area (Å²) in [6, 6.07) is 25.5. The normalized spacial score (nSPS) is 15.0. The first kappa shape index (κ1) is 29.4. The van der Waals surface area contributed by atoms with Gasteiger partial charge in [-0.3, -0.25) is 9.36 Å². The molecule has 0 unspecified atom stereocenters. The van der Waals surface area contributed by atoms with Gasteiger partial charge >= 0.3 is 5.97 Å². The molecule has 0 aliphatic carbocycles. The first-order valence-corrected chi connectivity index (χ1v) is 15.7. The summed E-state index contributed by atoms with van der Waals surface area (Å²) in [5, 5.41) is 1.08. The van der Waals surface area contributed by atoms with Crippen LogP contribution in [0.1, 0.15) is 56.1 Å². The second-order valence-electron chi connectivity index (χ2n) is 11.1. The molecular formula is C36H35N3O4S. The molecule has 5 aromatic rings. The van der Waals surface area contributed by atoms with E-state index in [-0.39, 0.29) is 11.7 Å². The largest absolute Gasteiger partial charge is 0.494 e. The molecule has 1 aliphatic heterocycles. The monoisotopic (exact) mass is 605 g/mol. The maximum Gasteiger partial charge on any atom is 0.338 e. The van der Waals surface area contributed by atoms with E-state index in [4.69, 9.17) is 14.5 Å². The smallest absolute Gasteiger partial charge is 0.338 e. The molecule has 1 aliphatic rings. The summed E-state index contributed by atoms with van der Waals surface area (Å²) < 4.78 is 15.8. The second kappa shape index (κ2) is 12.1. The number of aromatic nitrogens is 2. The van der Waals surface area contributed by atoms with Gasteiger partial charge in [0.2, 0.25) is 0 Å². The first-order chi connectivity index (χ1) is 21.3. The van der Waals surface area contributed by atoms with Crippen LogP contribution in [0.3, 0.4) is 0 Å². The number of ether oxygens (including phenoxy) is 2. The Kier molecular flexibility index (Phi) is 8.10. The minimum atomic E-state index is -0.684. The van der Waals surface area contributed by atoms with E-state index in [1.54, 1.807) is 11.5 Å². The van der Waals surface area contributed by atoms with Gasteiger partial charge in [-0.05, 0) is 70.0 Å². The third kappa shape index (κ3) is 5.42. The number of carbonyl (C=O) groups excluding carboxylic acids is 1. The zero-order valence-electron chi connectivity index (χ0n) is 25.5. The molecule has 0 radical (unpaired) electrons. The Hall–Kier alpha value is -4.69. The van der Waals surface area contributed by atoms with E-state index >= 15 is 0 Å². The van der Waals surface area contributed by atoms with Crippen molar-refractivity contribution in [2.24, 2.45) is 4.99 Å². The van der Waals surface area contributed by atoms with E-state index in [9.17, 15) is 9.59 Å². The third-order valence-corrected chi connectivity index (χ3v) is 8.81.